The van der Waals surface area contributed by atoms with Crippen LogP contribution >= 0.6 is 0 Å². The molecule has 37 heavy (non-hydrogen) atoms. The Morgan fingerprint density at radius 2 is 1.11 bits per heavy atom. The Bertz CT molecular complexity index is 1740. The van der Waals surface area contributed by atoms with Crippen LogP contribution in [0.4, 0.5) is 26.3 Å². The summed E-state index contributed by atoms with van der Waals surface area (Å²) in [4.78, 5) is 0. The van der Waals surface area contributed by atoms with Crippen molar-refractivity contribution < 1.29 is 51.5 Å². The first-order valence-electron chi connectivity index (χ1n) is 10.1. The third kappa shape index (κ3) is 4.78. The minimum absolute atomic E-state index is 0.0578. The second-order valence-electron chi connectivity index (χ2n) is 7.74. The van der Waals surface area contributed by atoms with Gasteiger partial charge in [-0.05, 0) is 46.2 Å². The highest BCUT2D eigenvalue weighted by molar-refractivity contribution is 7.88. The highest BCUT2D eigenvalue weighted by Gasteiger charge is 2.50. The van der Waals surface area contributed by atoms with Crippen LogP contribution in [0.25, 0.3) is 32.7 Å². The molecule has 4 rings (SSSR count). The lowest BCUT2D eigenvalue weighted by Crippen LogP contribution is -2.29. The van der Waals surface area contributed by atoms with Crippen LogP contribution in [0.3, 0.4) is 0 Å². The molecule has 0 amide bonds. The Kier molecular flexibility index (Phi) is 6.31. The number of hydrogen-bond acceptors (Lipinski definition) is 6. The van der Waals surface area contributed by atoms with Gasteiger partial charge in [-0.15, -0.1) is 0 Å². The molecule has 0 radical (unpaired) electrons. The van der Waals surface area contributed by atoms with Gasteiger partial charge < -0.3 is 8.37 Å². The van der Waals surface area contributed by atoms with Crippen molar-refractivity contribution in [3.63, 3.8) is 0 Å². The van der Waals surface area contributed by atoms with Gasteiger partial charge in [0.15, 0.2) is 11.5 Å². The van der Waals surface area contributed by atoms with Crippen molar-refractivity contribution in [2.24, 2.45) is 0 Å². The van der Waals surface area contributed by atoms with Crippen LogP contribution in [0.5, 0.6) is 11.5 Å². The Hall–Kier alpha value is -3.52. The standard InChI is InChI=1S/C23H14F6O6S2/c1-13-12-15-7-3-5-9-17(15)20(21(13)35-37(32,33)23(27,28)29)19-16-8-4-2-6-14(16)10-11-18(19)34-36(30,31)22(24,25)26/h2-12H,1H3. The second kappa shape index (κ2) is 8.80. The van der Waals surface area contributed by atoms with Gasteiger partial charge in [-0.1, -0.05) is 54.6 Å². The minimum Gasteiger partial charge on any atom is -0.375 e. The first-order valence-corrected chi connectivity index (χ1v) is 12.9. The van der Waals surface area contributed by atoms with E-state index in [9.17, 15) is 43.2 Å². The van der Waals surface area contributed by atoms with Crippen LogP contribution in [-0.2, 0) is 20.2 Å². The summed E-state index contributed by atoms with van der Waals surface area (Å²) in [5.41, 5.74) is -12.6. The van der Waals surface area contributed by atoms with Crippen molar-refractivity contribution in [3.8, 4) is 22.6 Å². The molecule has 0 saturated heterocycles. The topological polar surface area (TPSA) is 86.7 Å². The molecule has 0 fully saturated rings. The van der Waals surface area contributed by atoms with Gasteiger partial charge in [0.2, 0.25) is 0 Å². The van der Waals surface area contributed by atoms with Crippen LogP contribution < -0.4 is 8.37 Å². The molecule has 0 heterocycles. The van der Waals surface area contributed by atoms with Crippen LogP contribution in [0.2, 0.25) is 0 Å². The monoisotopic (exact) mass is 564 g/mol. The first kappa shape index (κ1) is 26.5. The molecule has 0 aromatic heterocycles. The molecule has 0 aliphatic heterocycles. The maximum atomic E-state index is 13.2. The fourth-order valence-corrected chi connectivity index (χ4v) is 4.72. The van der Waals surface area contributed by atoms with E-state index < -0.39 is 53.9 Å². The smallest absolute Gasteiger partial charge is 0.375 e. The number of benzene rings is 4. The molecule has 0 unspecified atom stereocenters. The molecular formula is C23H14F6O6S2. The van der Waals surface area contributed by atoms with E-state index in [4.69, 9.17) is 0 Å². The summed E-state index contributed by atoms with van der Waals surface area (Å²) < 4.78 is 136. The zero-order chi connectivity index (χ0) is 27.4. The van der Waals surface area contributed by atoms with Gasteiger partial charge in [0.25, 0.3) is 0 Å². The molecule has 6 nitrogen and oxygen atoms in total. The van der Waals surface area contributed by atoms with E-state index >= 15 is 0 Å². The van der Waals surface area contributed by atoms with Crippen molar-refractivity contribution in [2.45, 2.75) is 17.9 Å². The number of rotatable bonds is 5. The quantitative estimate of drug-likeness (QED) is 0.158. The molecule has 4 aromatic rings. The second-order valence-corrected chi connectivity index (χ2v) is 10.8. The number of halogens is 6. The van der Waals surface area contributed by atoms with E-state index in [1.165, 1.54) is 55.5 Å². The lowest BCUT2D eigenvalue weighted by Gasteiger charge is -2.21. The average Bonchev–Trinajstić information content (AvgIpc) is 2.78. The van der Waals surface area contributed by atoms with Crippen LogP contribution in [0.1, 0.15) is 5.56 Å². The van der Waals surface area contributed by atoms with Crippen molar-refractivity contribution in [3.05, 3.63) is 72.3 Å². The van der Waals surface area contributed by atoms with Gasteiger partial charge in [0, 0.05) is 11.1 Å². The van der Waals surface area contributed by atoms with E-state index in [-0.39, 0.29) is 16.3 Å². The molecule has 196 valence electrons. The molecule has 14 heteroatoms. The number of alkyl halides is 6. The number of fused-ring (bicyclic) bond motifs is 2. The van der Waals surface area contributed by atoms with E-state index in [1.807, 2.05) is 0 Å². The summed E-state index contributed by atoms with van der Waals surface area (Å²) in [5.74, 6) is -1.76. The van der Waals surface area contributed by atoms with Crippen molar-refractivity contribution >= 4 is 41.8 Å². The van der Waals surface area contributed by atoms with Gasteiger partial charge in [-0.3, -0.25) is 0 Å². The molecule has 0 saturated carbocycles. The molecule has 4 aromatic carbocycles. The number of hydrogen-bond donors (Lipinski definition) is 0. The van der Waals surface area contributed by atoms with Gasteiger partial charge in [-0.2, -0.15) is 43.2 Å². The molecule has 0 atom stereocenters. The zero-order valence-corrected chi connectivity index (χ0v) is 20.0. The van der Waals surface area contributed by atoms with E-state index in [0.29, 0.717) is 10.8 Å². The molecule has 0 N–H and O–H groups in total. The summed E-state index contributed by atoms with van der Waals surface area (Å²) in [7, 11) is -12.5. The summed E-state index contributed by atoms with van der Waals surface area (Å²) in [6, 6.07) is 15.2. The predicted octanol–water partition coefficient (Wildman–Crippen LogP) is 6.43. The Labute approximate surface area is 206 Å². The lowest BCUT2D eigenvalue weighted by molar-refractivity contribution is -0.0505. The number of aryl methyl sites for hydroxylation is 1. The summed E-state index contributed by atoms with van der Waals surface area (Å²) in [6.45, 7) is 1.23. The normalized spacial score (nSPS) is 13.2. The Balaban J connectivity index is 2.18. The summed E-state index contributed by atoms with van der Waals surface area (Å²) in [6.07, 6.45) is 0. The predicted molar refractivity (Wildman–Crippen MR) is 123 cm³/mol. The Morgan fingerprint density at radius 3 is 1.68 bits per heavy atom. The fourth-order valence-electron chi connectivity index (χ4n) is 3.73. The maximum Gasteiger partial charge on any atom is 0.534 e. The highest BCUT2D eigenvalue weighted by Crippen LogP contribution is 2.48. The summed E-state index contributed by atoms with van der Waals surface area (Å²) >= 11 is 0. The molecule has 0 aliphatic carbocycles. The summed E-state index contributed by atoms with van der Waals surface area (Å²) in [5, 5.41) is 0.808. The lowest BCUT2D eigenvalue weighted by atomic mass is 9.91. The molecular weight excluding hydrogens is 550 g/mol. The molecule has 0 spiro atoms. The largest absolute Gasteiger partial charge is 0.534 e. The Morgan fingerprint density at radius 1 is 0.622 bits per heavy atom. The van der Waals surface area contributed by atoms with Gasteiger partial charge in [0.1, 0.15) is 0 Å². The van der Waals surface area contributed by atoms with E-state index in [0.717, 1.165) is 6.07 Å². The van der Waals surface area contributed by atoms with E-state index in [2.05, 4.69) is 8.37 Å². The van der Waals surface area contributed by atoms with Crippen molar-refractivity contribution in [1.82, 2.24) is 0 Å². The van der Waals surface area contributed by atoms with Gasteiger partial charge >= 0.3 is 31.3 Å². The molecule has 0 aliphatic rings. The first-order chi connectivity index (χ1) is 17.0. The van der Waals surface area contributed by atoms with E-state index in [1.54, 1.807) is 12.1 Å². The van der Waals surface area contributed by atoms with Crippen molar-refractivity contribution in [2.75, 3.05) is 0 Å². The maximum absolute atomic E-state index is 13.2. The van der Waals surface area contributed by atoms with Crippen molar-refractivity contribution in [1.29, 1.82) is 0 Å². The third-order valence-electron chi connectivity index (χ3n) is 5.29. The van der Waals surface area contributed by atoms with Crippen LogP contribution in [-0.4, -0.2) is 27.9 Å². The average molecular weight is 564 g/mol. The minimum atomic E-state index is -6.24. The zero-order valence-electron chi connectivity index (χ0n) is 18.4. The SMILES string of the molecule is Cc1cc2ccccc2c(-c2c(OS(=O)(=O)C(F)(F)F)ccc3ccccc23)c1OS(=O)(=O)C(F)(F)F. The fraction of sp³-hybridized carbons (Fsp3) is 0.130. The highest BCUT2D eigenvalue weighted by atomic mass is 32.2. The van der Waals surface area contributed by atoms with Crippen LogP contribution in [0, 0.1) is 6.92 Å². The van der Waals surface area contributed by atoms with Crippen LogP contribution in [0.15, 0.2) is 66.7 Å². The molecule has 0 bridgehead atoms. The van der Waals surface area contributed by atoms with Gasteiger partial charge in [-0.25, -0.2) is 0 Å². The third-order valence-corrected chi connectivity index (χ3v) is 7.21. The van der Waals surface area contributed by atoms with Gasteiger partial charge in [0.05, 0.1) is 0 Å².